The van der Waals surface area contributed by atoms with Crippen LogP contribution in [-0.4, -0.2) is 43.5 Å². The molecule has 32 heavy (non-hydrogen) atoms. The van der Waals surface area contributed by atoms with Gasteiger partial charge in [-0.3, -0.25) is 9.59 Å². The molecule has 2 aromatic rings. The number of carbonyl (C=O) groups excluding carboxylic acids is 2. The van der Waals surface area contributed by atoms with Gasteiger partial charge in [0.15, 0.2) is 6.61 Å². The molecule has 6 nitrogen and oxygen atoms in total. The van der Waals surface area contributed by atoms with E-state index in [9.17, 15) is 9.59 Å². The van der Waals surface area contributed by atoms with Gasteiger partial charge in [0, 0.05) is 13.6 Å². The van der Waals surface area contributed by atoms with Crippen LogP contribution in [0.25, 0.3) is 0 Å². The quantitative estimate of drug-likeness (QED) is 0.537. The third kappa shape index (κ3) is 6.73. The van der Waals surface area contributed by atoms with E-state index in [0.717, 1.165) is 21.3 Å². The number of ether oxygens (including phenoxy) is 2. The first-order chi connectivity index (χ1) is 15.1. The molecule has 1 N–H and O–H groups in total. The molecular weight excluding hydrogens is 472 g/mol. The first-order valence-electron chi connectivity index (χ1n) is 10.7. The number of nitrogens with one attached hydrogen (secondary N) is 1. The van der Waals surface area contributed by atoms with Crippen LogP contribution in [0, 0.1) is 0 Å². The van der Waals surface area contributed by atoms with Crippen molar-refractivity contribution in [1.29, 1.82) is 0 Å². The fourth-order valence-electron chi connectivity index (χ4n) is 3.32. The van der Waals surface area contributed by atoms with Crippen molar-refractivity contribution in [3.05, 3.63) is 58.1 Å². The SMILES string of the molecule is CCC(C(=O)NC)N(Cc1ccc(OC)cc1)C(=O)COc1ccc(C(C)(C)C)cc1Br. The summed E-state index contributed by atoms with van der Waals surface area (Å²) in [6.07, 6.45) is 0.492. The molecule has 0 aromatic heterocycles. The lowest BCUT2D eigenvalue weighted by Crippen LogP contribution is -2.49. The Morgan fingerprint density at radius 1 is 1.12 bits per heavy atom. The van der Waals surface area contributed by atoms with Crippen molar-refractivity contribution in [1.82, 2.24) is 10.2 Å². The van der Waals surface area contributed by atoms with E-state index in [1.807, 2.05) is 49.4 Å². The lowest BCUT2D eigenvalue weighted by molar-refractivity contribution is -0.142. The van der Waals surface area contributed by atoms with Gasteiger partial charge < -0.3 is 19.7 Å². The van der Waals surface area contributed by atoms with Gasteiger partial charge in [0.25, 0.3) is 5.91 Å². The molecule has 0 bridgehead atoms. The number of halogens is 1. The molecule has 2 aromatic carbocycles. The molecule has 0 aliphatic rings. The van der Waals surface area contributed by atoms with Gasteiger partial charge in [-0.15, -0.1) is 0 Å². The minimum Gasteiger partial charge on any atom is -0.497 e. The Hall–Kier alpha value is -2.54. The van der Waals surface area contributed by atoms with Crippen molar-refractivity contribution in [2.75, 3.05) is 20.8 Å². The van der Waals surface area contributed by atoms with E-state index in [2.05, 4.69) is 42.0 Å². The largest absolute Gasteiger partial charge is 0.497 e. The molecule has 1 unspecified atom stereocenters. The van der Waals surface area contributed by atoms with Gasteiger partial charge in [-0.2, -0.15) is 0 Å². The van der Waals surface area contributed by atoms with Crippen molar-refractivity contribution < 1.29 is 19.1 Å². The molecule has 2 rings (SSSR count). The first-order valence-corrected chi connectivity index (χ1v) is 11.5. The molecule has 0 aliphatic heterocycles. The zero-order valence-electron chi connectivity index (χ0n) is 19.7. The van der Waals surface area contributed by atoms with Crippen molar-refractivity contribution >= 4 is 27.7 Å². The number of methoxy groups -OCH3 is 1. The molecule has 0 aliphatic carbocycles. The zero-order chi connectivity index (χ0) is 23.9. The number of benzene rings is 2. The lowest BCUT2D eigenvalue weighted by Gasteiger charge is -2.30. The van der Waals surface area contributed by atoms with Crippen molar-refractivity contribution in [3.8, 4) is 11.5 Å². The fraction of sp³-hybridized carbons (Fsp3) is 0.440. The molecule has 0 fully saturated rings. The summed E-state index contributed by atoms with van der Waals surface area (Å²) in [5.41, 5.74) is 2.07. The average Bonchev–Trinajstić information content (AvgIpc) is 2.77. The van der Waals surface area contributed by atoms with Crippen LogP contribution in [0.15, 0.2) is 46.9 Å². The summed E-state index contributed by atoms with van der Waals surface area (Å²) in [7, 11) is 3.18. The van der Waals surface area contributed by atoms with E-state index in [0.29, 0.717) is 18.7 Å². The lowest BCUT2D eigenvalue weighted by atomic mass is 9.87. The maximum Gasteiger partial charge on any atom is 0.261 e. The normalized spacial score (nSPS) is 12.1. The molecule has 7 heteroatoms. The summed E-state index contributed by atoms with van der Waals surface area (Å²) in [5.74, 6) is 0.855. The van der Waals surface area contributed by atoms with E-state index < -0.39 is 6.04 Å². The van der Waals surface area contributed by atoms with Crippen LogP contribution in [0.3, 0.4) is 0 Å². The molecule has 174 valence electrons. The molecule has 0 heterocycles. The minimum atomic E-state index is -0.593. The molecule has 0 saturated carbocycles. The predicted octanol–water partition coefficient (Wildman–Crippen LogP) is 4.69. The van der Waals surface area contributed by atoms with Gasteiger partial charge in [0.2, 0.25) is 5.91 Å². The zero-order valence-corrected chi connectivity index (χ0v) is 21.3. The van der Waals surface area contributed by atoms with Crippen LogP contribution >= 0.6 is 15.9 Å². The molecule has 0 spiro atoms. The van der Waals surface area contributed by atoms with Crippen LogP contribution in [0.5, 0.6) is 11.5 Å². The number of carbonyl (C=O) groups is 2. The first kappa shape index (κ1) is 25.7. The maximum absolute atomic E-state index is 13.2. The number of nitrogens with zero attached hydrogens (tertiary/aromatic N) is 1. The summed E-state index contributed by atoms with van der Waals surface area (Å²) in [4.78, 5) is 27.2. The Kier molecular flexibility index (Phi) is 9.13. The number of rotatable bonds is 9. The van der Waals surface area contributed by atoms with Crippen LogP contribution < -0.4 is 14.8 Å². The maximum atomic E-state index is 13.2. The Bertz CT molecular complexity index is 923. The number of likely N-dealkylation sites (N-methyl/N-ethyl adjacent to an activating group) is 1. The second-order valence-electron chi connectivity index (χ2n) is 8.59. The summed E-state index contributed by atoms with van der Waals surface area (Å²) in [5, 5.41) is 2.66. The van der Waals surface area contributed by atoms with Crippen LogP contribution in [0.1, 0.15) is 45.2 Å². The van der Waals surface area contributed by atoms with Gasteiger partial charge in [0.1, 0.15) is 17.5 Å². The molecule has 1 atom stereocenters. The van der Waals surface area contributed by atoms with E-state index in [1.165, 1.54) is 0 Å². The highest BCUT2D eigenvalue weighted by Gasteiger charge is 2.28. The predicted molar refractivity (Wildman–Crippen MR) is 130 cm³/mol. The highest BCUT2D eigenvalue weighted by Crippen LogP contribution is 2.31. The van der Waals surface area contributed by atoms with Gasteiger partial charge in [-0.25, -0.2) is 0 Å². The fourth-order valence-corrected chi connectivity index (χ4v) is 3.81. The van der Waals surface area contributed by atoms with E-state index >= 15 is 0 Å². The van der Waals surface area contributed by atoms with Crippen LogP contribution in [0.4, 0.5) is 0 Å². The number of amides is 2. The van der Waals surface area contributed by atoms with Gasteiger partial charge in [-0.1, -0.05) is 45.9 Å². The van der Waals surface area contributed by atoms with E-state index in [1.54, 1.807) is 19.1 Å². The third-order valence-corrected chi connectivity index (χ3v) is 5.91. The summed E-state index contributed by atoms with van der Waals surface area (Å²) < 4.78 is 11.8. The van der Waals surface area contributed by atoms with Crippen molar-refractivity contribution in [2.45, 2.75) is 52.1 Å². The second-order valence-corrected chi connectivity index (χ2v) is 9.45. The Balaban J connectivity index is 2.20. The smallest absolute Gasteiger partial charge is 0.261 e. The summed E-state index contributed by atoms with van der Waals surface area (Å²) in [6.45, 7) is 8.43. The van der Waals surface area contributed by atoms with Crippen LogP contribution in [0.2, 0.25) is 0 Å². The van der Waals surface area contributed by atoms with Crippen molar-refractivity contribution in [2.24, 2.45) is 0 Å². The second kappa shape index (κ2) is 11.4. The Morgan fingerprint density at radius 3 is 2.28 bits per heavy atom. The highest BCUT2D eigenvalue weighted by molar-refractivity contribution is 9.10. The minimum absolute atomic E-state index is 0.00783. The van der Waals surface area contributed by atoms with Crippen molar-refractivity contribution in [3.63, 3.8) is 0 Å². The van der Waals surface area contributed by atoms with Crippen LogP contribution in [-0.2, 0) is 21.5 Å². The highest BCUT2D eigenvalue weighted by atomic mass is 79.9. The Morgan fingerprint density at radius 2 is 1.78 bits per heavy atom. The van der Waals surface area contributed by atoms with Gasteiger partial charge >= 0.3 is 0 Å². The van der Waals surface area contributed by atoms with E-state index in [-0.39, 0.29) is 23.8 Å². The molecule has 2 amide bonds. The van der Waals surface area contributed by atoms with Gasteiger partial charge in [-0.05, 0) is 63.2 Å². The van der Waals surface area contributed by atoms with Gasteiger partial charge in [0.05, 0.1) is 11.6 Å². The number of hydrogen-bond acceptors (Lipinski definition) is 4. The molecule has 0 saturated heterocycles. The average molecular weight is 505 g/mol. The molecular formula is C25H33BrN2O4. The Labute approximate surface area is 199 Å². The third-order valence-electron chi connectivity index (χ3n) is 5.29. The topological polar surface area (TPSA) is 67.9 Å². The number of hydrogen-bond donors (Lipinski definition) is 1. The standard InChI is InChI=1S/C25H33BrN2O4/c1-7-21(24(30)27-5)28(15-17-8-11-19(31-6)12-9-17)23(29)16-32-22-13-10-18(14-20(22)26)25(2,3)4/h8-14,21H,7,15-16H2,1-6H3,(H,27,30). The molecule has 0 radical (unpaired) electrons. The monoisotopic (exact) mass is 504 g/mol. The summed E-state index contributed by atoms with van der Waals surface area (Å²) in [6, 6.07) is 12.7. The summed E-state index contributed by atoms with van der Waals surface area (Å²) >= 11 is 3.55. The van der Waals surface area contributed by atoms with E-state index in [4.69, 9.17) is 9.47 Å².